The van der Waals surface area contributed by atoms with Crippen molar-refractivity contribution in [1.82, 2.24) is 19.5 Å². The van der Waals surface area contributed by atoms with E-state index in [0.29, 0.717) is 32.6 Å². The van der Waals surface area contributed by atoms with Crippen LogP contribution in [0.2, 0.25) is 5.02 Å². The van der Waals surface area contributed by atoms with Gasteiger partial charge in [-0.05, 0) is 24.3 Å². The van der Waals surface area contributed by atoms with Crippen LogP contribution in [0.25, 0.3) is 22.4 Å². The lowest BCUT2D eigenvalue weighted by Gasteiger charge is -2.10. The van der Waals surface area contributed by atoms with E-state index in [0.717, 1.165) is 5.69 Å². The zero-order valence-corrected chi connectivity index (χ0v) is 14.1. The maximum Gasteiger partial charge on any atom is 0.170 e. The second-order valence-corrected chi connectivity index (χ2v) is 5.79. The number of nitrogen functional groups attached to an aromatic ring is 1. The molecule has 0 bridgehead atoms. The predicted molar refractivity (Wildman–Crippen MR) is 99.2 cm³/mol. The van der Waals surface area contributed by atoms with Gasteiger partial charge in [-0.1, -0.05) is 48.5 Å². The summed E-state index contributed by atoms with van der Waals surface area (Å²) >= 11 is 12.1. The van der Waals surface area contributed by atoms with Crippen LogP contribution in [-0.4, -0.2) is 19.5 Å². The van der Waals surface area contributed by atoms with E-state index in [2.05, 4.69) is 28.1 Å². The molecule has 2 aromatic heterocycles. The summed E-state index contributed by atoms with van der Waals surface area (Å²) in [6.07, 6.45) is 4.73. The molecule has 0 aliphatic heterocycles. The Balaban J connectivity index is 2.40. The zero-order valence-electron chi connectivity index (χ0n) is 12.6. The first kappa shape index (κ1) is 16.2. The van der Waals surface area contributed by atoms with E-state index in [9.17, 15) is 0 Å². The Bertz CT molecular complexity index is 971. The number of rotatable bonds is 4. The number of imidazole rings is 1. The Morgan fingerprint density at radius 1 is 1.21 bits per heavy atom. The maximum absolute atomic E-state index is 6.16. The summed E-state index contributed by atoms with van der Waals surface area (Å²) in [7, 11) is 0. The van der Waals surface area contributed by atoms with Crippen molar-refractivity contribution in [2.45, 2.75) is 0 Å². The standard InChI is InChI=1S/C17H13Cl2N5/c1-3-4-13(10(2)18)16-23-14-15(20)21-9-22-17(14)24(16)12-7-5-11(19)6-8-12/h3-9H,1-2H2,(H2,20,21,22)/b13-4+. The quantitative estimate of drug-likeness (QED) is 0.703. The molecule has 0 aliphatic rings. The first-order valence-electron chi connectivity index (χ1n) is 6.95. The second kappa shape index (κ2) is 6.47. The van der Waals surface area contributed by atoms with E-state index in [1.54, 1.807) is 24.3 Å². The largest absolute Gasteiger partial charge is 0.382 e. The molecule has 120 valence electrons. The van der Waals surface area contributed by atoms with E-state index in [1.165, 1.54) is 6.33 Å². The zero-order chi connectivity index (χ0) is 17.3. The predicted octanol–water partition coefficient (Wildman–Crippen LogP) is 4.37. The van der Waals surface area contributed by atoms with Gasteiger partial charge in [0, 0.05) is 21.3 Å². The van der Waals surface area contributed by atoms with Gasteiger partial charge in [0.1, 0.15) is 12.2 Å². The third-order valence-electron chi connectivity index (χ3n) is 3.38. The van der Waals surface area contributed by atoms with Gasteiger partial charge in [0.25, 0.3) is 0 Å². The number of fused-ring (bicyclic) bond motifs is 1. The Hall–Kier alpha value is -2.63. The van der Waals surface area contributed by atoms with Gasteiger partial charge in [-0.15, -0.1) is 0 Å². The SMILES string of the molecule is C=C/C=C(\C(=C)Cl)c1nc2c(N)ncnc2n1-c1ccc(Cl)cc1. The number of benzene rings is 1. The van der Waals surface area contributed by atoms with E-state index in [4.69, 9.17) is 28.9 Å². The number of nitrogens with zero attached hydrogens (tertiary/aromatic N) is 4. The minimum atomic E-state index is 0.284. The molecule has 0 aliphatic carbocycles. The van der Waals surface area contributed by atoms with Crippen LogP contribution in [0.3, 0.4) is 0 Å². The Labute approximate surface area is 148 Å². The summed E-state index contributed by atoms with van der Waals surface area (Å²) in [6, 6.07) is 7.27. The lowest BCUT2D eigenvalue weighted by atomic mass is 10.2. The molecule has 24 heavy (non-hydrogen) atoms. The van der Waals surface area contributed by atoms with Crippen LogP contribution >= 0.6 is 23.2 Å². The lowest BCUT2D eigenvalue weighted by molar-refractivity contribution is 1.03. The molecule has 0 radical (unpaired) electrons. The third kappa shape index (κ3) is 2.79. The summed E-state index contributed by atoms with van der Waals surface area (Å²) in [4.78, 5) is 12.9. The smallest absolute Gasteiger partial charge is 0.170 e. The average molecular weight is 358 g/mol. The number of nitrogens with two attached hydrogens (primary N) is 1. The minimum Gasteiger partial charge on any atom is -0.382 e. The van der Waals surface area contributed by atoms with Crippen LogP contribution in [0.15, 0.2) is 60.9 Å². The number of hydrogen-bond donors (Lipinski definition) is 1. The molecule has 0 saturated heterocycles. The summed E-state index contributed by atoms with van der Waals surface area (Å²) in [6.45, 7) is 7.51. The molecule has 0 saturated carbocycles. The molecular weight excluding hydrogens is 345 g/mol. The van der Waals surface area contributed by atoms with Crippen molar-refractivity contribution in [3.63, 3.8) is 0 Å². The van der Waals surface area contributed by atoms with Gasteiger partial charge in [0.2, 0.25) is 0 Å². The van der Waals surface area contributed by atoms with Crippen LogP contribution in [-0.2, 0) is 0 Å². The number of hydrogen-bond acceptors (Lipinski definition) is 4. The minimum absolute atomic E-state index is 0.284. The van der Waals surface area contributed by atoms with Crippen molar-refractivity contribution >= 4 is 45.8 Å². The summed E-state index contributed by atoms with van der Waals surface area (Å²) in [5.41, 5.74) is 8.41. The Morgan fingerprint density at radius 2 is 1.92 bits per heavy atom. The molecule has 7 heteroatoms. The first-order chi connectivity index (χ1) is 11.5. The maximum atomic E-state index is 6.16. The van der Waals surface area contributed by atoms with E-state index in [-0.39, 0.29) is 5.82 Å². The van der Waals surface area contributed by atoms with Gasteiger partial charge < -0.3 is 5.73 Å². The fraction of sp³-hybridized carbons (Fsp3) is 0. The van der Waals surface area contributed by atoms with Crippen molar-refractivity contribution in [1.29, 1.82) is 0 Å². The van der Waals surface area contributed by atoms with Crippen LogP contribution in [0.5, 0.6) is 0 Å². The molecule has 0 fully saturated rings. The number of halogens is 2. The fourth-order valence-corrected chi connectivity index (χ4v) is 2.60. The van der Waals surface area contributed by atoms with Gasteiger partial charge in [0.15, 0.2) is 17.0 Å². The monoisotopic (exact) mass is 357 g/mol. The molecule has 2 N–H and O–H groups in total. The fourth-order valence-electron chi connectivity index (χ4n) is 2.33. The third-order valence-corrected chi connectivity index (χ3v) is 3.83. The van der Waals surface area contributed by atoms with Crippen LogP contribution in [0.4, 0.5) is 5.82 Å². The molecule has 0 atom stereocenters. The van der Waals surface area contributed by atoms with Gasteiger partial charge >= 0.3 is 0 Å². The number of aromatic nitrogens is 4. The van der Waals surface area contributed by atoms with Gasteiger partial charge in [-0.2, -0.15) is 0 Å². The molecule has 2 heterocycles. The number of allylic oxidation sites excluding steroid dienone is 4. The Kier molecular flexibility index (Phi) is 4.38. The summed E-state index contributed by atoms with van der Waals surface area (Å²) in [5.74, 6) is 0.825. The van der Waals surface area contributed by atoms with E-state index >= 15 is 0 Å². The van der Waals surface area contributed by atoms with Gasteiger partial charge in [-0.25, -0.2) is 15.0 Å². The highest BCUT2D eigenvalue weighted by Gasteiger charge is 2.19. The average Bonchev–Trinajstić information content (AvgIpc) is 2.93. The van der Waals surface area contributed by atoms with Crippen molar-refractivity contribution < 1.29 is 0 Å². The highest BCUT2D eigenvalue weighted by Crippen LogP contribution is 2.31. The molecule has 3 rings (SSSR count). The molecule has 0 unspecified atom stereocenters. The summed E-state index contributed by atoms with van der Waals surface area (Å²) < 4.78 is 1.83. The van der Waals surface area contributed by atoms with E-state index in [1.807, 2.05) is 16.7 Å². The molecule has 3 aromatic rings. The highest BCUT2D eigenvalue weighted by molar-refractivity contribution is 6.36. The van der Waals surface area contributed by atoms with Crippen molar-refractivity contribution in [2.75, 3.05) is 5.73 Å². The normalized spacial score (nSPS) is 11.7. The van der Waals surface area contributed by atoms with Crippen LogP contribution in [0, 0.1) is 0 Å². The number of anilines is 1. The van der Waals surface area contributed by atoms with Crippen LogP contribution < -0.4 is 5.73 Å². The van der Waals surface area contributed by atoms with Crippen molar-refractivity contribution in [3.8, 4) is 5.69 Å². The first-order valence-corrected chi connectivity index (χ1v) is 7.71. The second-order valence-electron chi connectivity index (χ2n) is 4.90. The topological polar surface area (TPSA) is 69.6 Å². The van der Waals surface area contributed by atoms with Crippen molar-refractivity contribution in [3.05, 3.63) is 71.8 Å². The summed E-state index contributed by atoms with van der Waals surface area (Å²) in [5, 5.41) is 0.953. The molecule has 0 spiro atoms. The lowest BCUT2D eigenvalue weighted by Crippen LogP contribution is -2.02. The Morgan fingerprint density at radius 3 is 2.54 bits per heavy atom. The molecule has 5 nitrogen and oxygen atoms in total. The molecular formula is C17H13Cl2N5. The van der Waals surface area contributed by atoms with Crippen LogP contribution in [0.1, 0.15) is 5.82 Å². The highest BCUT2D eigenvalue weighted by atomic mass is 35.5. The van der Waals surface area contributed by atoms with E-state index < -0.39 is 0 Å². The van der Waals surface area contributed by atoms with Gasteiger partial charge in [0.05, 0.1) is 0 Å². The van der Waals surface area contributed by atoms with Crippen molar-refractivity contribution in [2.24, 2.45) is 0 Å². The molecule has 1 aromatic carbocycles. The van der Waals surface area contributed by atoms with Gasteiger partial charge in [-0.3, -0.25) is 4.57 Å². The molecule has 0 amide bonds.